The van der Waals surface area contributed by atoms with Gasteiger partial charge in [0, 0.05) is 11.1 Å². The van der Waals surface area contributed by atoms with Crippen LogP contribution in [0.2, 0.25) is 10.0 Å². The molecule has 2 rings (SSSR count). The molecule has 0 unspecified atom stereocenters. The molecule has 0 atom stereocenters. The van der Waals surface area contributed by atoms with Gasteiger partial charge in [0.25, 0.3) is 0 Å². The minimum atomic E-state index is -0.199. The number of hydrogen-bond donors (Lipinski definition) is 1. The van der Waals surface area contributed by atoms with Gasteiger partial charge in [0.2, 0.25) is 11.8 Å². The Kier molecular flexibility index (Phi) is 5.85. The van der Waals surface area contributed by atoms with Crippen molar-refractivity contribution in [3.8, 4) is 0 Å². The SMILES string of the molecule is CN(CC(=O)Nc1ccc(Cl)c(Cl)c1)Cc1noc(C(C)(C)C)n1. The van der Waals surface area contributed by atoms with Gasteiger partial charge < -0.3 is 9.84 Å². The third-order valence-electron chi connectivity index (χ3n) is 3.14. The Balaban J connectivity index is 1.89. The summed E-state index contributed by atoms with van der Waals surface area (Å²) in [5.41, 5.74) is 0.395. The molecule has 0 fully saturated rings. The highest BCUT2D eigenvalue weighted by Crippen LogP contribution is 2.25. The summed E-state index contributed by atoms with van der Waals surface area (Å²) in [6.45, 7) is 6.59. The fraction of sp³-hybridized carbons (Fsp3) is 0.438. The molecular formula is C16H20Cl2N4O2. The van der Waals surface area contributed by atoms with Crippen LogP contribution in [0, 0.1) is 0 Å². The molecule has 0 saturated heterocycles. The van der Waals surface area contributed by atoms with Gasteiger partial charge in [-0.1, -0.05) is 49.1 Å². The summed E-state index contributed by atoms with van der Waals surface area (Å²) in [5.74, 6) is 0.950. The molecule has 1 N–H and O–H groups in total. The van der Waals surface area contributed by atoms with Crippen LogP contribution >= 0.6 is 23.2 Å². The van der Waals surface area contributed by atoms with Crippen LogP contribution < -0.4 is 5.32 Å². The summed E-state index contributed by atoms with van der Waals surface area (Å²) in [6.07, 6.45) is 0. The minimum absolute atomic E-state index is 0.171. The zero-order valence-electron chi connectivity index (χ0n) is 14.1. The van der Waals surface area contributed by atoms with Gasteiger partial charge in [-0.3, -0.25) is 9.69 Å². The van der Waals surface area contributed by atoms with E-state index in [1.807, 2.05) is 27.8 Å². The van der Waals surface area contributed by atoms with Gasteiger partial charge in [-0.15, -0.1) is 0 Å². The molecule has 8 heteroatoms. The molecule has 1 aromatic carbocycles. The van der Waals surface area contributed by atoms with Crippen LogP contribution in [0.25, 0.3) is 0 Å². The van der Waals surface area contributed by atoms with Gasteiger partial charge in [-0.25, -0.2) is 0 Å². The van der Waals surface area contributed by atoms with E-state index in [0.717, 1.165) is 0 Å². The van der Waals surface area contributed by atoms with Crippen LogP contribution in [0.1, 0.15) is 32.5 Å². The van der Waals surface area contributed by atoms with E-state index in [1.54, 1.807) is 23.1 Å². The van der Waals surface area contributed by atoms with Crippen molar-refractivity contribution in [3.63, 3.8) is 0 Å². The Labute approximate surface area is 151 Å². The molecule has 0 saturated carbocycles. The van der Waals surface area contributed by atoms with Gasteiger partial charge in [-0.05, 0) is 25.2 Å². The first kappa shape index (κ1) is 18.7. The fourth-order valence-corrected chi connectivity index (χ4v) is 2.24. The number of nitrogens with one attached hydrogen (secondary N) is 1. The van der Waals surface area contributed by atoms with Crippen molar-refractivity contribution in [2.75, 3.05) is 18.9 Å². The second-order valence-corrected chi connectivity index (χ2v) is 7.43. The first-order chi connectivity index (χ1) is 11.1. The molecule has 0 aliphatic rings. The number of anilines is 1. The number of likely N-dealkylation sites (N-methyl/N-ethyl adjacent to an activating group) is 1. The van der Waals surface area contributed by atoms with Crippen LogP contribution in [-0.2, 0) is 16.8 Å². The average molecular weight is 371 g/mol. The van der Waals surface area contributed by atoms with Crippen LogP contribution in [0.4, 0.5) is 5.69 Å². The van der Waals surface area contributed by atoms with E-state index in [9.17, 15) is 4.79 Å². The van der Waals surface area contributed by atoms with E-state index < -0.39 is 0 Å². The highest BCUT2D eigenvalue weighted by atomic mass is 35.5. The number of carbonyl (C=O) groups is 1. The van der Waals surface area contributed by atoms with Crippen molar-refractivity contribution in [3.05, 3.63) is 40.0 Å². The second-order valence-electron chi connectivity index (χ2n) is 6.62. The van der Waals surface area contributed by atoms with Crippen molar-refractivity contribution in [1.29, 1.82) is 0 Å². The lowest BCUT2D eigenvalue weighted by Crippen LogP contribution is -2.30. The first-order valence-corrected chi connectivity index (χ1v) is 8.17. The van der Waals surface area contributed by atoms with E-state index in [4.69, 9.17) is 27.7 Å². The predicted molar refractivity (Wildman–Crippen MR) is 94.4 cm³/mol. The van der Waals surface area contributed by atoms with E-state index >= 15 is 0 Å². The molecular weight excluding hydrogens is 351 g/mol. The van der Waals surface area contributed by atoms with Crippen molar-refractivity contribution < 1.29 is 9.32 Å². The largest absolute Gasteiger partial charge is 0.339 e. The highest BCUT2D eigenvalue weighted by molar-refractivity contribution is 6.42. The number of amides is 1. The van der Waals surface area contributed by atoms with E-state index in [1.165, 1.54) is 0 Å². The summed E-state index contributed by atoms with van der Waals surface area (Å²) in [7, 11) is 1.81. The minimum Gasteiger partial charge on any atom is -0.339 e. The maximum atomic E-state index is 12.1. The van der Waals surface area contributed by atoms with E-state index in [2.05, 4.69) is 15.5 Å². The molecule has 130 valence electrons. The molecule has 2 aromatic rings. The lowest BCUT2D eigenvalue weighted by atomic mass is 9.97. The highest BCUT2D eigenvalue weighted by Gasteiger charge is 2.22. The standard InChI is InChI=1S/C16H20Cl2N4O2/c1-16(2,3)15-20-13(21-24-15)8-22(4)9-14(23)19-10-5-6-11(17)12(18)7-10/h5-7H,8-9H2,1-4H3,(H,19,23). The molecule has 24 heavy (non-hydrogen) atoms. The molecule has 0 aliphatic heterocycles. The van der Waals surface area contributed by atoms with Gasteiger partial charge in [0.1, 0.15) is 0 Å². The van der Waals surface area contributed by atoms with Crippen molar-refractivity contribution in [1.82, 2.24) is 15.0 Å². The summed E-state index contributed by atoms with van der Waals surface area (Å²) < 4.78 is 5.24. The van der Waals surface area contributed by atoms with Crippen molar-refractivity contribution in [2.24, 2.45) is 0 Å². The third-order valence-corrected chi connectivity index (χ3v) is 3.88. The molecule has 0 aliphatic carbocycles. The Hall–Kier alpha value is -1.63. The summed E-state index contributed by atoms with van der Waals surface area (Å²) in [6, 6.07) is 4.94. The maximum Gasteiger partial charge on any atom is 0.238 e. The van der Waals surface area contributed by atoms with Crippen LogP contribution in [0.15, 0.2) is 22.7 Å². The second kappa shape index (κ2) is 7.51. The quantitative estimate of drug-likeness (QED) is 0.867. The maximum absolute atomic E-state index is 12.1. The fourth-order valence-electron chi connectivity index (χ4n) is 1.94. The molecule has 0 bridgehead atoms. The lowest BCUT2D eigenvalue weighted by molar-refractivity contribution is -0.117. The van der Waals surface area contributed by atoms with Crippen LogP contribution in [0.3, 0.4) is 0 Å². The summed E-state index contributed by atoms with van der Waals surface area (Å²) in [5, 5.41) is 7.55. The van der Waals surface area contributed by atoms with Crippen molar-refractivity contribution in [2.45, 2.75) is 32.7 Å². The Morgan fingerprint density at radius 3 is 2.58 bits per heavy atom. The Bertz CT molecular complexity index is 725. The molecule has 1 amide bonds. The van der Waals surface area contributed by atoms with Crippen LogP contribution in [0.5, 0.6) is 0 Å². The number of halogens is 2. The zero-order valence-corrected chi connectivity index (χ0v) is 15.6. The number of rotatable bonds is 5. The Morgan fingerprint density at radius 1 is 1.29 bits per heavy atom. The van der Waals surface area contributed by atoms with Crippen molar-refractivity contribution >= 4 is 34.8 Å². The molecule has 0 spiro atoms. The number of nitrogens with zero attached hydrogens (tertiary/aromatic N) is 3. The van der Waals surface area contributed by atoms with Gasteiger partial charge >= 0.3 is 0 Å². The first-order valence-electron chi connectivity index (χ1n) is 7.41. The number of aromatic nitrogens is 2. The lowest BCUT2D eigenvalue weighted by Gasteiger charge is -2.14. The van der Waals surface area contributed by atoms with Crippen LogP contribution in [-0.4, -0.2) is 34.5 Å². The molecule has 1 heterocycles. The third kappa shape index (κ3) is 5.19. The van der Waals surface area contributed by atoms with E-state index in [-0.39, 0.29) is 17.9 Å². The topological polar surface area (TPSA) is 71.3 Å². The Morgan fingerprint density at radius 2 is 2.00 bits per heavy atom. The normalized spacial score (nSPS) is 11.8. The van der Waals surface area contributed by atoms with E-state index in [0.29, 0.717) is 34.0 Å². The smallest absolute Gasteiger partial charge is 0.238 e. The van der Waals surface area contributed by atoms with Gasteiger partial charge in [0.15, 0.2) is 5.82 Å². The molecule has 1 aromatic heterocycles. The average Bonchev–Trinajstić information content (AvgIpc) is 2.91. The number of benzene rings is 1. The zero-order chi connectivity index (χ0) is 17.9. The molecule has 0 radical (unpaired) electrons. The monoisotopic (exact) mass is 370 g/mol. The number of hydrogen-bond acceptors (Lipinski definition) is 5. The predicted octanol–water partition coefficient (Wildman–Crippen LogP) is 3.74. The van der Waals surface area contributed by atoms with Gasteiger partial charge in [0.05, 0.1) is 23.1 Å². The number of carbonyl (C=O) groups excluding carboxylic acids is 1. The molecule has 6 nitrogen and oxygen atoms in total. The van der Waals surface area contributed by atoms with Gasteiger partial charge in [-0.2, -0.15) is 4.98 Å². The summed E-state index contributed by atoms with van der Waals surface area (Å²) in [4.78, 5) is 18.2. The summed E-state index contributed by atoms with van der Waals surface area (Å²) >= 11 is 11.8.